The molecular formula is C19H24N2O5S2. The normalized spacial score (nSPS) is 28.8. The third-order valence-corrected chi connectivity index (χ3v) is 7.34. The molecule has 3 rings (SSSR count). The third kappa shape index (κ3) is 4.57. The number of piperidine rings is 1. The van der Waals surface area contributed by atoms with Crippen LogP contribution in [-0.4, -0.2) is 60.5 Å². The first-order valence-electron chi connectivity index (χ1n) is 9.33. The number of carboxylic acid groups (broad SMARTS) is 1. The van der Waals surface area contributed by atoms with Crippen LogP contribution in [0.15, 0.2) is 30.3 Å². The predicted molar refractivity (Wildman–Crippen MR) is 108 cm³/mol. The number of hydrogen-bond donors (Lipinski definition) is 3. The number of fused-ring (bicyclic) bond motifs is 1. The smallest absolute Gasteiger partial charge is 0.326 e. The molecule has 2 aliphatic rings. The van der Waals surface area contributed by atoms with Gasteiger partial charge in [-0.1, -0.05) is 30.3 Å². The van der Waals surface area contributed by atoms with Crippen LogP contribution in [0.4, 0.5) is 0 Å². The van der Waals surface area contributed by atoms with Crippen LogP contribution in [0.5, 0.6) is 0 Å². The molecule has 2 heterocycles. The van der Waals surface area contributed by atoms with Crippen LogP contribution < -0.4 is 5.32 Å². The van der Waals surface area contributed by atoms with E-state index in [-0.39, 0.29) is 12.2 Å². The minimum atomic E-state index is -1.34. The van der Waals surface area contributed by atoms with Crippen molar-refractivity contribution in [3.05, 3.63) is 35.9 Å². The van der Waals surface area contributed by atoms with E-state index in [0.717, 1.165) is 5.56 Å². The van der Waals surface area contributed by atoms with Crippen LogP contribution >= 0.6 is 12.6 Å². The first-order valence-corrected chi connectivity index (χ1v) is 11.2. The Morgan fingerprint density at radius 1 is 1.25 bits per heavy atom. The van der Waals surface area contributed by atoms with Gasteiger partial charge in [0.05, 0.1) is 5.25 Å². The summed E-state index contributed by atoms with van der Waals surface area (Å²) in [6.07, 6.45) is 2.10. The number of benzene rings is 1. The first kappa shape index (κ1) is 20.9. The van der Waals surface area contributed by atoms with Gasteiger partial charge in [0.15, 0.2) is 0 Å². The number of nitrogens with zero attached hydrogens (tertiary/aromatic N) is 1. The van der Waals surface area contributed by atoms with Gasteiger partial charge in [-0.15, -0.1) is 0 Å². The van der Waals surface area contributed by atoms with Gasteiger partial charge in [-0.05, 0) is 37.7 Å². The average Bonchev–Trinajstić information content (AvgIpc) is 2.80. The van der Waals surface area contributed by atoms with E-state index in [2.05, 4.69) is 17.9 Å². The lowest BCUT2D eigenvalue weighted by molar-refractivity contribution is -0.154. The fraction of sp³-hybridized carbons (Fsp3) is 0.526. The van der Waals surface area contributed by atoms with Gasteiger partial charge in [0.1, 0.15) is 17.5 Å². The fourth-order valence-corrected chi connectivity index (χ4v) is 5.73. The van der Waals surface area contributed by atoms with Crippen molar-refractivity contribution < 1.29 is 23.7 Å². The number of rotatable bonds is 5. The summed E-state index contributed by atoms with van der Waals surface area (Å²) in [5.74, 6) is -1.70. The van der Waals surface area contributed by atoms with Crippen LogP contribution in [0.3, 0.4) is 0 Å². The summed E-state index contributed by atoms with van der Waals surface area (Å²) < 4.78 is 12.6. The molecule has 1 unspecified atom stereocenters. The number of hydrogen-bond acceptors (Lipinski definition) is 5. The van der Waals surface area contributed by atoms with E-state index in [1.165, 1.54) is 4.90 Å². The fourth-order valence-electron chi connectivity index (χ4n) is 3.77. The van der Waals surface area contributed by atoms with Crippen molar-refractivity contribution in [3.8, 4) is 0 Å². The Morgan fingerprint density at radius 3 is 2.64 bits per heavy atom. The molecule has 0 saturated carbocycles. The number of nitrogens with one attached hydrogen (secondary N) is 1. The molecule has 2 amide bonds. The van der Waals surface area contributed by atoms with Gasteiger partial charge in [-0.25, -0.2) is 4.79 Å². The average molecular weight is 425 g/mol. The molecule has 0 aliphatic carbocycles. The van der Waals surface area contributed by atoms with E-state index >= 15 is 0 Å². The molecule has 2 N–H and O–H groups in total. The Bertz CT molecular complexity index is 773. The molecule has 2 fully saturated rings. The molecule has 5 atom stereocenters. The van der Waals surface area contributed by atoms with Crippen LogP contribution in [0.2, 0.25) is 0 Å². The molecular weight excluding hydrogens is 400 g/mol. The highest BCUT2D eigenvalue weighted by Gasteiger charge is 2.45. The molecule has 0 bridgehead atoms. The number of amides is 2. The summed E-state index contributed by atoms with van der Waals surface area (Å²) in [6, 6.07) is 7.55. The molecule has 7 nitrogen and oxygen atoms in total. The van der Waals surface area contributed by atoms with Crippen LogP contribution in [0.25, 0.3) is 0 Å². The monoisotopic (exact) mass is 424 g/mol. The Hall–Kier alpha value is -1.87. The molecule has 0 spiro atoms. The second-order valence-electron chi connectivity index (χ2n) is 7.13. The first-order chi connectivity index (χ1) is 13.4. The third-order valence-electron chi connectivity index (χ3n) is 5.21. The summed E-state index contributed by atoms with van der Waals surface area (Å²) in [4.78, 5) is 38.5. The van der Waals surface area contributed by atoms with Gasteiger partial charge in [0.25, 0.3) is 0 Å². The highest BCUT2D eigenvalue weighted by molar-refractivity contribution is 7.85. The summed E-state index contributed by atoms with van der Waals surface area (Å²) in [5.41, 5.74) is 0.952. The maximum absolute atomic E-state index is 13.0. The summed E-state index contributed by atoms with van der Waals surface area (Å²) >= 11 is 4.36. The maximum Gasteiger partial charge on any atom is 0.326 e. The Morgan fingerprint density at radius 2 is 1.96 bits per heavy atom. The van der Waals surface area contributed by atoms with Crippen molar-refractivity contribution in [2.24, 2.45) is 0 Å². The van der Waals surface area contributed by atoms with E-state index in [1.807, 2.05) is 30.3 Å². The highest BCUT2D eigenvalue weighted by atomic mass is 32.2. The van der Waals surface area contributed by atoms with E-state index in [9.17, 15) is 23.7 Å². The molecule has 0 aromatic heterocycles. The summed E-state index contributed by atoms with van der Waals surface area (Å²) in [6.45, 7) is 0. The van der Waals surface area contributed by atoms with E-state index in [1.54, 1.807) is 0 Å². The van der Waals surface area contributed by atoms with Crippen molar-refractivity contribution in [3.63, 3.8) is 0 Å². The SMILES string of the molecule is O=C(N[C@H]1CCS(=O)[C@H]2CCC[C@@H](C(=O)O)N2C1=O)[C@@H](S)Cc1ccccc1. The van der Waals surface area contributed by atoms with Gasteiger partial charge in [-0.3, -0.25) is 13.8 Å². The number of carbonyl (C=O) groups excluding carboxylic acids is 2. The molecule has 152 valence electrons. The second-order valence-corrected chi connectivity index (χ2v) is 9.46. The number of aliphatic carboxylic acids is 1. The van der Waals surface area contributed by atoms with Crippen LogP contribution in [0.1, 0.15) is 31.2 Å². The van der Waals surface area contributed by atoms with Gasteiger partial charge >= 0.3 is 5.97 Å². The molecule has 1 aromatic rings. The zero-order valence-corrected chi connectivity index (χ0v) is 17.0. The van der Waals surface area contributed by atoms with Crippen molar-refractivity contribution in [1.82, 2.24) is 10.2 Å². The van der Waals surface area contributed by atoms with Crippen LogP contribution in [-0.2, 0) is 31.6 Å². The Balaban J connectivity index is 1.72. The zero-order chi connectivity index (χ0) is 20.3. The van der Waals surface area contributed by atoms with Crippen LogP contribution in [0, 0.1) is 0 Å². The predicted octanol–water partition coefficient (Wildman–Crippen LogP) is 0.957. The van der Waals surface area contributed by atoms with E-state index < -0.39 is 51.3 Å². The summed E-state index contributed by atoms with van der Waals surface area (Å²) in [7, 11) is -1.34. The highest BCUT2D eigenvalue weighted by Crippen LogP contribution is 2.29. The lowest BCUT2D eigenvalue weighted by Crippen LogP contribution is -2.58. The standard InChI is InChI=1S/C19H24N2O5S2/c22-17(15(27)11-12-5-2-1-3-6-12)20-13-9-10-28(26)16-8-4-7-14(19(24)25)21(16)18(13)23/h1-3,5-6,13-16,27H,4,7-11H2,(H,20,22)(H,24,25)/t13-,14-,15-,16-,28?/m0/s1. The molecule has 2 aliphatic heterocycles. The molecule has 28 heavy (non-hydrogen) atoms. The van der Waals surface area contributed by atoms with Crippen molar-refractivity contribution in [2.75, 3.05) is 5.75 Å². The van der Waals surface area contributed by atoms with Gasteiger partial charge in [-0.2, -0.15) is 12.6 Å². The van der Waals surface area contributed by atoms with E-state index in [0.29, 0.717) is 25.7 Å². The number of thiol groups is 1. The van der Waals surface area contributed by atoms with E-state index in [4.69, 9.17) is 0 Å². The number of carbonyl (C=O) groups is 3. The maximum atomic E-state index is 13.0. The second kappa shape index (κ2) is 9.09. The Kier molecular flexibility index (Phi) is 6.77. The number of carboxylic acids is 1. The van der Waals surface area contributed by atoms with Crippen molar-refractivity contribution in [2.45, 2.75) is 54.8 Å². The molecule has 1 aromatic carbocycles. The minimum Gasteiger partial charge on any atom is -0.480 e. The van der Waals surface area contributed by atoms with Gasteiger partial charge in [0.2, 0.25) is 11.8 Å². The molecule has 2 saturated heterocycles. The lowest BCUT2D eigenvalue weighted by Gasteiger charge is -2.39. The van der Waals surface area contributed by atoms with Gasteiger partial charge in [0, 0.05) is 16.6 Å². The molecule has 0 radical (unpaired) electrons. The zero-order valence-electron chi connectivity index (χ0n) is 15.3. The quantitative estimate of drug-likeness (QED) is 0.611. The lowest BCUT2D eigenvalue weighted by atomic mass is 10.00. The van der Waals surface area contributed by atoms with Crippen molar-refractivity contribution in [1.29, 1.82) is 0 Å². The van der Waals surface area contributed by atoms with Crippen molar-refractivity contribution >= 4 is 41.2 Å². The summed E-state index contributed by atoms with van der Waals surface area (Å²) in [5, 5.41) is 11.0. The largest absolute Gasteiger partial charge is 0.480 e. The minimum absolute atomic E-state index is 0.225. The van der Waals surface area contributed by atoms with Gasteiger partial charge < -0.3 is 15.3 Å². The Labute approximate surface area is 171 Å². The topological polar surface area (TPSA) is 104 Å². The molecule has 9 heteroatoms.